The van der Waals surface area contributed by atoms with Crippen molar-refractivity contribution in [2.45, 2.75) is 37.8 Å². The van der Waals surface area contributed by atoms with Crippen molar-refractivity contribution in [2.75, 3.05) is 0 Å². The van der Waals surface area contributed by atoms with Crippen LogP contribution in [0.2, 0.25) is 4.34 Å². The van der Waals surface area contributed by atoms with Crippen LogP contribution in [0.4, 0.5) is 0 Å². The second-order valence-electron chi connectivity index (χ2n) is 7.50. The summed E-state index contributed by atoms with van der Waals surface area (Å²) in [5, 5.41) is 6.13. The van der Waals surface area contributed by atoms with Gasteiger partial charge in [0.1, 0.15) is 0 Å². The largest absolute Gasteiger partial charge is 0.347 e. The molecule has 0 bridgehead atoms. The first-order chi connectivity index (χ1) is 15.0. The number of nitrogens with zero attached hydrogens (tertiary/aromatic N) is 1. The first-order valence-electron chi connectivity index (χ1n) is 10.2. The summed E-state index contributed by atoms with van der Waals surface area (Å²) < 4.78 is 2.09. The van der Waals surface area contributed by atoms with Gasteiger partial charge in [-0.2, -0.15) is 0 Å². The van der Waals surface area contributed by atoms with Crippen LogP contribution in [0.3, 0.4) is 0 Å². The molecule has 3 aromatic rings. The maximum atomic E-state index is 12.8. The van der Waals surface area contributed by atoms with Crippen molar-refractivity contribution in [3.8, 4) is 5.69 Å². The number of pyridine rings is 1. The summed E-state index contributed by atoms with van der Waals surface area (Å²) >= 11 is 7.17. The molecule has 8 heteroatoms. The van der Waals surface area contributed by atoms with E-state index in [0.717, 1.165) is 25.7 Å². The Balaban J connectivity index is 1.43. The number of aromatic nitrogens is 1. The molecule has 1 fully saturated rings. The molecule has 6 nitrogen and oxygen atoms in total. The van der Waals surface area contributed by atoms with Crippen LogP contribution in [0.25, 0.3) is 5.69 Å². The molecule has 2 heterocycles. The fourth-order valence-corrected chi connectivity index (χ4v) is 4.76. The minimum Gasteiger partial charge on any atom is -0.347 e. The molecule has 2 aromatic heterocycles. The molecule has 1 saturated carbocycles. The number of benzene rings is 1. The van der Waals surface area contributed by atoms with Crippen LogP contribution < -0.4 is 16.2 Å². The summed E-state index contributed by atoms with van der Waals surface area (Å²) in [6.45, 7) is 0. The minimum atomic E-state index is -0.197. The molecule has 2 amide bonds. The zero-order valence-corrected chi connectivity index (χ0v) is 18.3. The predicted molar refractivity (Wildman–Crippen MR) is 122 cm³/mol. The standard InChI is InChI=1S/C23H22ClN3O3S/c24-20-13-12-19(31-20)23(30)26-18-6-2-1-5-17(18)25-22(29)15-8-10-16(11-9-15)27-14-4-3-7-21(27)28/h3-4,7-14,17-18H,1-2,5-6H2,(H,25,29)(H,26,30)/t17-,18-/m0/s1. The van der Waals surface area contributed by atoms with E-state index < -0.39 is 0 Å². The van der Waals surface area contributed by atoms with E-state index in [1.54, 1.807) is 54.7 Å². The number of hydrogen-bond acceptors (Lipinski definition) is 4. The normalized spacial score (nSPS) is 18.4. The zero-order chi connectivity index (χ0) is 21.8. The number of rotatable bonds is 5. The first-order valence-corrected chi connectivity index (χ1v) is 11.4. The van der Waals surface area contributed by atoms with Gasteiger partial charge in [0.05, 0.1) is 9.21 Å². The Hall–Kier alpha value is -2.90. The Morgan fingerprint density at radius 2 is 1.58 bits per heavy atom. The molecule has 160 valence electrons. The van der Waals surface area contributed by atoms with Crippen LogP contribution in [0, 0.1) is 0 Å². The lowest BCUT2D eigenvalue weighted by Gasteiger charge is -2.32. The fraction of sp³-hybridized carbons (Fsp3) is 0.261. The van der Waals surface area contributed by atoms with E-state index in [4.69, 9.17) is 11.6 Å². The average Bonchev–Trinajstić information content (AvgIpc) is 3.22. The molecule has 0 saturated heterocycles. The highest BCUT2D eigenvalue weighted by Crippen LogP contribution is 2.23. The minimum absolute atomic E-state index is 0.131. The van der Waals surface area contributed by atoms with Crippen LogP contribution >= 0.6 is 22.9 Å². The maximum Gasteiger partial charge on any atom is 0.261 e. The van der Waals surface area contributed by atoms with Gasteiger partial charge >= 0.3 is 0 Å². The van der Waals surface area contributed by atoms with E-state index >= 15 is 0 Å². The molecule has 2 atom stereocenters. The topological polar surface area (TPSA) is 80.2 Å². The summed E-state index contributed by atoms with van der Waals surface area (Å²) in [5.74, 6) is -0.363. The average molecular weight is 456 g/mol. The third kappa shape index (κ3) is 5.06. The Morgan fingerprint density at radius 3 is 2.19 bits per heavy atom. The van der Waals surface area contributed by atoms with Gasteiger partial charge in [0.2, 0.25) is 0 Å². The second-order valence-corrected chi connectivity index (χ2v) is 9.22. The summed E-state index contributed by atoms with van der Waals surface area (Å²) in [7, 11) is 0. The molecule has 2 N–H and O–H groups in total. The van der Waals surface area contributed by atoms with E-state index in [-0.39, 0.29) is 29.5 Å². The van der Waals surface area contributed by atoms with Gasteiger partial charge in [-0.3, -0.25) is 19.0 Å². The quantitative estimate of drug-likeness (QED) is 0.609. The van der Waals surface area contributed by atoms with Gasteiger partial charge in [-0.1, -0.05) is 30.5 Å². The van der Waals surface area contributed by atoms with Crippen LogP contribution in [0.15, 0.2) is 65.6 Å². The lowest BCUT2D eigenvalue weighted by Crippen LogP contribution is -2.53. The number of nitrogens with one attached hydrogen (secondary N) is 2. The summed E-state index contributed by atoms with van der Waals surface area (Å²) in [5.41, 5.74) is 1.07. The molecule has 1 aliphatic rings. The van der Waals surface area contributed by atoms with Crippen molar-refractivity contribution < 1.29 is 9.59 Å². The summed E-state index contributed by atoms with van der Waals surface area (Å²) in [4.78, 5) is 37.9. The Kier molecular flexibility index (Phi) is 6.53. The van der Waals surface area contributed by atoms with Crippen molar-refractivity contribution in [1.29, 1.82) is 0 Å². The third-order valence-electron chi connectivity index (χ3n) is 5.43. The van der Waals surface area contributed by atoms with E-state index in [2.05, 4.69) is 10.6 Å². The third-order valence-corrected chi connectivity index (χ3v) is 6.66. The smallest absolute Gasteiger partial charge is 0.261 e. The number of thiophene rings is 1. The second kappa shape index (κ2) is 9.49. The SMILES string of the molecule is O=C(N[C@H]1CCCC[C@@H]1NC(=O)c1ccc(Cl)s1)c1ccc(-n2ccccc2=O)cc1. The predicted octanol–water partition coefficient (Wildman–Crippen LogP) is 4.02. The van der Waals surface area contributed by atoms with E-state index in [1.807, 2.05) is 0 Å². The molecule has 0 spiro atoms. The highest BCUT2D eigenvalue weighted by atomic mass is 35.5. The van der Waals surface area contributed by atoms with Gasteiger partial charge < -0.3 is 10.6 Å². The van der Waals surface area contributed by atoms with Gasteiger partial charge in [-0.25, -0.2) is 0 Å². The van der Waals surface area contributed by atoms with E-state index in [1.165, 1.54) is 22.0 Å². The van der Waals surface area contributed by atoms with E-state index in [0.29, 0.717) is 20.5 Å². The van der Waals surface area contributed by atoms with Gasteiger partial charge in [-0.05, 0) is 55.3 Å². The number of carbonyl (C=O) groups is 2. The molecule has 0 aliphatic heterocycles. The number of hydrogen-bond donors (Lipinski definition) is 2. The maximum absolute atomic E-state index is 12.8. The summed E-state index contributed by atoms with van der Waals surface area (Å²) in [6, 6.07) is 15.0. The Morgan fingerprint density at radius 1 is 0.903 bits per heavy atom. The number of carbonyl (C=O) groups excluding carboxylic acids is 2. The molecule has 31 heavy (non-hydrogen) atoms. The molecular formula is C23H22ClN3O3S. The molecule has 1 aromatic carbocycles. The highest BCUT2D eigenvalue weighted by molar-refractivity contribution is 7.18. The zero-order valence-electron chi connectivity index (χ0n) is 16.7. The van der Waals surface area contributed by atoms with Crippen molar-refractivity contribution in [1.82, 2.24) is 15.2 Å². The molecule has 0 unspecified atom stereocenters. The van der Waals surface area contributed by atoms with Gasteiger partial charge in [0.25, 0.3) is 17.4 Å². The first kappa shape index (κ1) is 21.3. The molecule has 1 aliphatic carbocycles. The van der Waals surface area contributed by atoms with Gasteiger partial charge in [0, 0.05) is 35.6 Å². The lowest BCUT2D eigenvalue weighted by molar-refractivity contribution is 0.0865. The lowest BCUT2D eigenvalue weighted by atomic mass is 9.90. The van der Waals surface area contributed by atoms with Crippen molar-refractivity contribution in [2.24, 2.45) is 0 Å². The molecule has 0 radical (unpaired) electrons. The molecular weight excluding hydrogens is 434 g/mol. The van der Waals surface area contributed by atoms with Crippen LogP contribution in [0.5, 0.6) is 0 Å². The van der Waals surface area contributed by atoms with Crippen LogP contribution in [-0.2, 0) is 0 Å². The van der Waals surface area contributed by atoms with Gasteiger partial charge in [0.15, 0.2) is 0 Å². The molecule has 4 rings (SSSR count). The monoisotopic (exact) mass is 455 g/mol. The fourth-order valence-electron chi connectivity index (χ4n) is 3.82. The Bertz CT molecular complexity index is 1140. The van der Waals surface area contributed by atoms with Crippen molar-refractivity contribution in [3.05, 3.63) is 85.9 Å². The number of amides is 2. The van der Waals surface area contributed by atoms with Crippen molar-refractivity contribution in [3.63, 3.8) is 0 Å². The van der Waals surface area contributed by atoms with Crippen LogP contribution in [0.1, 0.15) is 45.7 Å². The van der Waals surface area contributed by atoms with Gasteiger partial charge in [-0.15, -0.1) is 11.3 Å². The Labute approximate surface area is 188 Å². The highest BCUT2D eigenvalue weighted by Gasteiger charge is 2.28. The van der Waals surface area contributed by atoms with Crippen molar-refractivity contribution >= 4 is 34.8 Å². The summed E-state index contributed by atoms with van der Waals surface area (Å²) in [6.07, 6.45) is 5.31. The number of halogens is 1. The van der Waals surface area contributed by atoms with Crippen LogP contribution in [-0.4, -0.2) is 28.5 Å². The van der Waals surface area contributed by atoms with E-state index in [9.17, 15) is 14.4 Å².